The van der Waals surface area contributed by atoms with Crippen LogP contribution in [0.15, 0.2) is 24.3 Å². The van der Waals surface area contributed by atoms with Gasteiger partial charge in [-0.15, -0.1) is 0 Å². The molecule has 1 aromatic rings. The van der Waals surface area contributed by atoms with Gasteiger partial charge in [0.15, 0.2) is 0 Å². The lowest BCUT2D eigenvalue weighted by atomic mass is 10.1. The van der Waals surface area contributed by atoms with Crippen LogP contribution in [0.1, 0.15) is 5.56 Å². The highest BCUT2D eigenvalue weighted by atomic mass is 19.4. The number of nitrogens with one attached hydrogen (secondary N) is 1. The Bertz CT molecular complexity index is 419. The van der Waals surface area contributed by atoms with Crippen molar-refractivity contribution >= 4 is 0 Å². The van der Waals surface area contributed by atoms with E-state index in [1.54, 1.807) is 23.1 Å². The minimum absolute atomic E-state index is 0.0722. The van der Waals surface area contributed by atoms with E-state index in [1.165, 1.54) is 6.07 Å². The van der Waals surface area contributed by atoms with Crippen LogP contribution in [0.2, 0.25) is 0 Å². The summed E-state index contributed by atoms with van der Waals surface area (Å²) < 4.78 is 51.8. The van der Waals surface area contributed by atoms with Gasteiger partial charge in [0.05, 0.1) is 5.92 Å². The number of benzene rings is 1. The second-order valence-corrected chi connectivity index (χ2v) is 4.77. The molecule has 106 valence electrons. The fourth-order valence-corrected chi connectivity index (χ4v) is 2.21. The van der Waals surface area contributed by atoms with Crippen LogP contribution in [0, 0.1) is 11.7 Å². The second kappa shape index (κ2) is 5.88. The number of hydrogen-bond acceptors (Lipinski definition) is 2. The van der Waals surface area contributed by atoms with E-state index in [0.29, 0.717) is 18.7 Å². The molecule has 0 radical (unpaired) electrons. The first kappa shape index (κ1) is 14.3. The van der Waals surface area contributed by atoms with Crippen molar-refractivity contribution in [2.75, 3.05) is 26.2 Å². The van der Waals surface area contributed by atoms with E-state index in [1.807, 2.05) is 0 Å². The average molecular weight is 276 g/mol. The standard InChI is InChI=1S/C13H16F4N2/c14-12-4-2-1-3-10(12)8-19-6-5-18-7-11(9-19)13(15,16)17/h1-4,11,18H,5-9H2. The van der Waals surface area contributed by atoms with Crippen molar-refractivity contribution in [2.45, 2.75) is 12.7 Å². The van der Waals surface area contributed by atoms with Gasteiger partial charge in [0.1, 0.15) is 5.82 Å². The topological polar surface area (TPSA) is 15.3 Å². The Morgan fingerprint density at radius 2 is 2.00 bits per heavy atom. The quantitative estimate of drug-likeness (QED) is 0.835. The first-order valence-electron chi connectivity index (χ1n) is 6.20. The molecular formula is C13H16F4N2. The lowest BCUT2D eigenvalue weighted by molar-refractivity contribution is -0.176. The zero-order chi connectivity index (χ0) is 13.9. The number of alkyl halides is 3. The lowest BCUT2D eigenvalue weighted by Crippen LogP contribution is -2.38. The summed E-state index contributed by atoms with van der Waals surface area (Å²) in [5.41, 5.74) is 0.435. The third-order valence-corrected chi connectivity index (χ3v) is 3.29. The summed E-state index contributed by atoms with van der Waals surface area (Å²) in [4.78, 5) is 1.65. The molecule has 1 fully saturated rings. The Balaban J connectivity index is 2.05. The van der Waals surface area contributed by atoms with Crippen LogP contribution < -0.4 is 5.32 Å². The molecule has 0 spiro atoms. The first-order chi connectivity index (χ1) is 8.97. The van der Waals surface area contributed by atoms with Crippen LogP contribution in [-0.2, 0) is 6.54 Å². The molecule has 2 nitrogen and oxygen atoms in total. The van der Waals surface area contributed by atoms with E-state index in [-0.39, 0.29) is 25.5 Å². The van der Waals surface area contributed by atoms with Crippen molar-refractivity contribution in [3.05, 3.63) is 35.6 Å². The molecule has 0 amide bonds. The van der Waals surface area contributed by atoms with Crippen LogP contribution in [-0.4, -0.2) is 37.3 Å². The predicted octanol–water partition coefficient (Wildman–Crippen LogP) is 2.41. The van der Waals surface area contributed by atoms with E-state index >= 15 is 0 Å². The molecule has 1 unspecified atom stereocenters. The van der Waals surface area contributed by atoms with Gasteiger partial charge in [0, 0.05) is 38.3 Å². The highest BCUT2D eigenvalue weighted by Crippen LogP contribution is 2.27. The molecule has 1 saturated heterocycles. The normalized spacial score (nSPS) is 22.2. The Morgan fingerprint density at radius 3 is 2.68 bits per heavy atom. The number of rotatable bonds is 2. The minimum atomic E-state index is -4.22. The number of hydrogen-bond donors (Lipinski definition) is 1. The highest BCUT2D eigenvalue weighted by Gasteiger charge is 2.40. The highest BCUT2D eigenvalue weighted by molar-refractivity contribution is 5.17. The summed E-state index contributed by atoms with van der Waals surface area (Å²) in [5.74, 6) is -1.77. The van der Waals surface area contributed by atoms with Crippen molar-refractivity contribution in [3.8, 4) is 0 Å². The molecule has 6 heteroatoms. The Hall–Kier alpha value is -1.14. The van der Waals surface area contributed by atoms with Gasteiger partial charge in [-0.2, -0.15) is 13.2 Å². The first-order valence-corrected chi connectivity index (χ1v) is 6.20. The third-order valence-electron chi connectivity index (χ3n) is 3.29. The average Bonchev–Trinajstić information content (AvgIpc) is 2.57. The largest absolute Gasteiger partial charge is 0.394 e. The molecule has 0 bridgehead atoms. The molecule has 0 saturated carbocycles. The van der Waals surface area contributed by atoms with Crippen molar-refractivity contribution in [2.24, 2.45) is 5.92 Å². The van der Waals surface area contributed by atoms with E-state index in [2.05, 4.69) is 5.32 Å². The fourth-order valence-electron chi connectivity index (χ4n) is 2.21. The molecule has 1 heterocycles. The van der Waals surface area contributed by atoms with Crippen LogP contribution in [0.5, 0.6) is 0 Å². The SMILES string of the molecule is Fc1ccccc1CN1CCNCC(C(F)(F)F)C1. The molecule has 0 aromatic heterocycles. The molecular weight excluding hydrogens is 260 g/mol. The summed E-state index contributed by atoms with van der Waals surface area (Å²) in [6, 6.07) is 6.19. The van der Waals surface area contributed by atoms with E-state index in [0.717, 1.165) is 0 Å². The van der Waals surface area contributed by atoms with Gasteiger partial charge in [0.2, 0.25) is 0 Å². The summed E-state index contributed by atoms with van der Waals surface area (Å²) in [7, 11) is 0. The molecule has 0 aliphatic carbocycles. The summed E-state index contributed by atoms with van der Waals surface area (Å²) in [6.45, 7) is 1.02. The number of nitrogens with zero attached hydrogens (tertiary/aromatic N) is 1. The molecule has 1 N–H and O–H groups in total. The molecule has 1 atom stereocenters. The zero-order valence-corrected chi connectivity index (χ0v) is 10.4. The van der Waals surface area contributed by atoms with E-state index in [9.17, 15) is 17.6 Å². The van der Waals surface area contributed by atoms with Crippen molar-refractivity contribution < 1.29 is 17.6 Å². The zero-order valence-electron chi connectivity index (χ0n) is 10.4. The minimum Gasteiger partial charge on any atom is -0.315 e. The van der Waals surface area contributed by atoms with Crippen LogP contribution >= 0.6 is 0 Å². The van der Waals surface area contributed by atoms with Crippen molar-refractivity contribution in [1.29, 1.82) is 0 Å². The summed E-state index contributed by atoms with van der Waals surface area (Å²) >= 11 is 0. The van der Waals surface area contributed by atoms with Gasteiger partial charge in [-0.05, 0) is 6.07 Å². The second-order valence-electron chi connectivity index (χ2n) is 4.77. The predicted molar refractivity (Wildman–Crippen MR) is 64.1 cm³/mol. The molecule has 1 aliphatic heterocycles. The van der Waals surface area contributed by atoms with Crippen LogP contribution in [0.4, 0.5) is 17.6 Å². The Labute approximate surface area is 109 Å². The smallest absolute Gasteiger partial charge is 0.315 e. The number of halogens is 4. The van der Waals surface area contributed by atoms with Crippen molar-refractivity contribution in [1.82, 2.24) is 10.2 Å². The maximum absolute atomic E-state index is 13.5. The molecule has 19 heavy (non-hydrogen) atoms. The van der Waals surface area contributed by atoms with Crippen LogP contribution in [0.3, 0.4) is 0 Å². The van der Waals surface area contributed by atoms with Gasteiger partial charge in [-0.3, -0.25) is 4.90 Å². The Morgan fingerprint density at radius 1 is 1.26 bits per heavy atom. The van der Waals surface area contributed by atoms with E-state index in [4.69, 9.17) is 0 Å². The van der Waals surface area contributed by atoms with Gasteiger partial charge in [0.25, 0.3) is 0 Å². The van der Waals surface area contributed by atoms with Gasteiger partial charge >= 0.3 is 6.18 Å². The van der Waals surface area contributed by atoms with E-state index < -0.39 is 12.1 Å². The summed E-state index contributed by atoms with van der Waals surface area (Å²) in [6.07, 6.45) is -4.22. The fraction of sp³-hybridized carbons (Fsp3) is 0.538. The maximum atomic E-state index is 13.5. The maximum Gasteiger partial charge on any atom is 0.394 e. The Kier molecular flexibility index (Phi) is 4.42. The molecule has 1 aliphatic rings. The van der Waals surface area contributed by atoms with Crippen LogP contribution in [0.25, 0.3) is 0 Å². The van der Waals surface area contributed by atoms with Crippen molar-refractivity contribution in [3.63, 3.8) is 0 Å². The molecule has 2 rings (SSSR count). The van der Waals surface area contributed by atoms with Gasteiger partial charge < -0.3 is 5.32 Å². The summed E-state index contributed by atoms with van der Waals surface area (Å²) in [5, 5.41) is 2.78. The third kappa shape index (κ3) is 3.91. The molecule has 1 aromatic carbocycles. The van der Waals surface area contributed by atoms with Gasteiger partial charge in [-0.1, -0.05) is 18.2 Å². The van der Waals surface area contributed by atoms with Gasteiger partial charge in [-0.25, -0.2) is 4.39 Å². The lowest BCUT2D eigenvalue weighted by Gasteiger charge is -2.25. The monoisotopic (exact) mass is 276 g/mol.